The first-order valence-electron chi connectivity index (χ1n) is 6.43. The van der Waals surface area contributed by atoms with Gasteiger partial charge < -0.3 is 19.7 Å². The van der Waals surface area contributed by atoms with E-state index in [1.807, 2.05) is 0 Å². The van der Waals surface area contributed by atoms with Gasteiger partial charge in [-0.05, 0) is 25.7 Å². The van der Waals surface area contributed by atoms with E-state index in [9.17, 15) is 10.2 Å². The van der Waals surface area contributed by atoms with Gasteiger partial charge in [0, 0.05) is 12.8 Å². The third-order valence-corrected chi connectivity index (χ3v) is 4.20. The monoisotopic (exact) mass is 228 g/mol. The summed E-state index contributed by atoms with van der Waals surface area (Å²) in [7, 11) is 0. The van der Waals surface area contributed by atoms with Crippen LogP contribution in [0.3, 0.4) is 0 Å². The molecule has 3 rings (SSSR count). The lowest BCUT2D eigenvalue weighted by Crippen LogP contribution is -2.65. The van der Waals surface area contributed by atoms with E-state index in [1.54, 1.807) is 0 Å². The second kappa shape index (κ2) is 3.67. The van der Waals surface area contributed by atoms with Crippen LogP contribution in [-0.4, -0.2) is 34.0 Å². The Bertz CT molecular complexity index is 254. The van der Waals surface area contributed by atoms with E-state index in [1.165, 1.54) is 0 Å². The highest BCUT2D eigenvalue weighted by atomic mass is 16.7. The molecule has 3 fully saturated rings. The Morgan fingerprint density at radius 3 is 1.62 bits per heavy atom. The number of ether oxygens (including phenoxy) is 2. The molecule has 2 N–H and O–H groups in total. The Kier molecular flexibility index (Phi) is 2.51. The van der Waals surface area contributed by atoms with Crippen molar-refractivity contribution in [2.45, 2.75) is 75.1 Å². The Morgan fingerprint density at radius 1 is 0.750 bits per heavy atom. The summed E-state index contributed by atoms with van der Waals surface area (Å²) in [5.74, 6) is -2.29. The van der Waals surface area contributed by atoms with E-state index in [0.29, 0.717) is 12.8 Å². The second-order valence-corrected chi connectivity index (χ2v) is 5.39. The molecule has 1 aliphatic heterocycles. The molecule has 0 aromatic carbocycles. The first-order valence-corrected chi connectivity index (χ1v) is 6.43. The van der Waals surface area contributed by atoms with Crippen LogP contribution in [0.2, 0.25) is 0 Å². The molecular formula is C12H20O4. The zero-order valence-corrected chi connectivity index (χ0v) is 9.52. The van der Waals surface area contributed by atoms with Crippen LogP contribution in [0.1, 0.15) is 51.4 Å². The van der Waals surface area contributed by atoms with Crippen LogP contribution < -0.4 is 0 Å². The number of rotatable bonds is 0. The molecule has 0 aromatic rings. The third kappa shape index (κ3) is 1.59. The van der Waals surface area contributed by atoms with Gasteiger partial charge in [0.2, 0.25) is 0 Å². The van der Waals surface area contributed by atoms with E-state index < -0.39 is 11.6 Å². The van der Waals surface area contributed by atoms with Crippen molar-refractivity contribution < 1.29 is 19.7 Å². The molecule has 2 aliphatic carbocycles. The minimum absolute atomic E-state index is 0.347. The van der Waals surface area contributed by atoms with Gasteiger partial charge in [0.05, 0.1) is 0 Å². The fraction of sp³-hybridized carbons (Fsp3) is 1.00. The van der Waals surface area contributed by atoms with Crippen LogP contribution in [-0.2, 0) is 9.47 Å². The van der Waals surface area contributed by atoms with Gasteiger partial charge in [-0.15, -0.1) is 0 Å². The van der Waals surface area contributed by atoms with Crippen LogP contribution >= 0.6 is 0 Å². The molecular weight excluding hydrogens is 208 g/mol. The lowest BCUT2D eigenvalue weighted by Gasteiger charge is -2.54. The predicted octanol–water partition coefficient (Wildman–Crippen LogP) is 1.30. The Hall–Kier alpha value is -0.160. The van der Waals surface area contributed by atoms with Crippen molar-refractivity contribution in [3.8, 4) is 0 Å². The van der Waals surface area contributed by atoms with Gasteiger partial charge in [-0.1, -0.05) is 12.8 Å². The molecule has 0 bridgehead atoms. The van der Waals surface area contributed by atoms with Gasteiger partial charge in [0.15, 0.2) is 11.6 Å². The number of fused-ring (bicyclic) bond motifs is 2. The maximum absolute atomic E-state index is 10.4. The molecule has 0 radical (unpaired) electrons. The summed E-state index contributed by atoms with van der Waals surface area (Å²) in [6.45, 7) is 0. The van der Waals surface area contributed by atoms with Gasteiger partial charge in [-0.3, -0.25) is 0 Å². The predicted molar refractivity (Wildman–Crippen MR) is 56.6 cm³/mol. The molecule has 3 aliphatic rings. The molecule has 1 heterocycles. The molecule has 0 aromatic heterocycles. The molecule has 0 spiro atoms. The quantitative estimate of drug-likeness (QED) is 0.656. The van der Waals surface area contributed by atoms with E-state index >= 15 is 0 Å². The minimum atomic E-state index is -1.15. The SMILES string of the molecule is O[C@]12CCCC[C@@H]1O[C@@]1(O)CCCC[C@H]1O2. The summed E-state index contributed by atoms with van der Waals surface area (Å²) in [5, 5.41) is 20.8. The molecule has 92 valence electrons. The molecule has 1 saturated heterocycles. The molecule has 2 saturated carbocycles. The zero-order valence-electron chi connectivity index (χ0n) is 9.52. The molecule has 16 heavy (non-hydrogen) atoms. The lowest BCUT2D eigenvalue weighted by molar-refractivity contribution is -0.436. The average molecular weight is 228 g/mol. The Labute approximate surface area is 95.6 Å². The number of aliphatic hydroxyl groups is 2. The normalized spacial score (nSPS) is 52.9. The van der Waals surface area contributed by atoms with E-state index in [4.69, 9.17) is 9.47 Å². The van der Waals surface area contributed by atoms with Crippen LogP contribution in [0, 0.1) is 0 Å². The Morgan fingerprint density at radius 2 is 1.19 bits per heavy atom. The van der Waals surface area contributed by atoms with Crippen LogP contribution in [0.5, 0.6) is 0 Å². The van der Waals surface area contributed by atoms with Gasteiger partial charge >= 0.3 is 0 Å². The van der Waals surface area contributed by atoms with Crippen LogP contribution in [0.4, 0.5) is 0 Å². The highest BCUT2D eigenvalue weighted by molar-refractivity contribution is 4.96. The summed E-state index contributed by atoms with van der Waals surface area (Å²) in [4.78, 5) is 0. The summed E-state index contributed by atoms with van der Waals surface area (Å²) >= 11 is 0. The van der Waals surface area contributed by atoms with Gasteiger partial charge in [0.25, 0.3) is 0 Å². The lowest BCUT2D eigenvalue weighted by atomic mass is 9.84. The second-order valence-electron chi connectivity index (χ2n) is 5.39. The minimum Gasteiger partial charge on any atom is -0.363 e. The van der Waals surface area contributed by atoms with E-state index in [0.717, 1.165) is 38.5 Å². The van der Waals surface area contributed by atoms with Gasteiger partial charge in [0.1, 0.15) is 12.2 Å². The van der Waals surface area contributed by atoms with Gasteiger partial charge in [-0.2, -0.15) is 0 Å². The zero-order chi connectivity index (χ0) is 11.2. The van der Waals surface area contributed by atoms with Crippen LogP contribution in [0.25, 0.3) is 0 Å². The van der Waals surface area contributed by atoms with Crippen molar-refractivity contribution in [3.05, 3.63) is 0 Å². The number of hydrogen-bond donors (Lipinski definition) is 2. The summed E-state index contributed by atoms with van der Waals surface area (Å²) in [6.07, 6.45) is 6.16. The molecule has 0 amide bonds. The summed E-state index contributed by atoms with van der Waals surface area (Å²) in [6, 6.07) is 0. The molecule has 4 atom stereocenters. The fourth-order valence-electron chi connectivity index (χ4n) is 3.25. The number of hydrogen-bond acceptors (Lipinski definition) is 4. The first kappa shape index (κ1) is 11.0. The van der Waals surface area contributed by atoms with Crippen LogP contribution in [0.15, 0.2) is 0 Å². The van der Waals surface area contributed by atoms with Gasteiger partial charge in [-0.25, -0.2) is 0 Å². The highest BCUT2D eigenvalue weighted by Crippen LogP contribution is 2.45. The van der Waals surface area contributed by atoms with Crippen molar-refractivity contribution >= 4 is 0 Å². The van der Waals surface area contributed by atoms with Crippen molar-refractivity contribution in [2.24, 2.45) is 0 Å². The van der Waals surface area contributed by atoms with Crippen molar-refractivity contribution in [3.63, 3.8) is 0 Å². The van der Waals surface area contributed by atoms with E-state index in [2.05, 4.69) is 0 Å². The largest absolute Gasteiger partial charge is 0.363 e. The van der Waals surface area contributed by atoms with E-state index in [-0.39, 0.29) is 12.2 Å². The fourth-order valence-corrected chi connectivity index (χ4v) is 3.25. The molecule has 0 unspecified atom stereocenters. The smallest absolute Gasteiger partial charge is 0.192 e. The van der Waals surface area contributed by atoms with Crippen molar-refractivity contribution in [1.82, 2.24) is 0 Å². The Balaban J connectivity index is 1.83. The average Bonchev–Trinajstić information content (AvgIpc) is 2.25. The topological polar surface area (TPSA) is 58.9 Å². The summed E-state index contributed by atoms with van der Waals surface area (Å²) in [5.41, 5.74) is 0. The first-order chi connectivity index (χ1) is 7.62. The molecule has 4 nitrogen and oxygen atoms in total. The summed E-state index contributed by atoms with van der Waals surface area (Å²) < 4.78 is 11.5. The van der Waals surface area contributed by atoms with Crippen molar-refractivity contribution in [1.29, 1.82) is 0 Å². The molecule has 4 heteroatoms. The maximum Gasteiger partial charge on any atom is 0.192 e. The maximum atomic E-state index is 10.4. The third-order valence-electron chi connectivity index (χ3n) is 4.20. The van der Waals surface area contributed by atoms with Crippen molar-refractivity contribution in [2.75, 3.05) is 0 Å². The highest BCUT2D eigenvalue weighted by Gasteiger charge is 2.56. The standard InChI is InChI=1S/C12H20O4/c13-11-7-3-1-5-9(11)15-12(14)8-4-2-6-10(12)16-11/h9-10,13-14H,1-8H2/t9-,10+,11-,12-/m0/s1.